The van der Waals surface area contributed by atoms with Crippen molar-refractivity contribution in [3.05, 3.63) is 54.1 Å². The molecule has 0 bridgehead atoms. The van der Waals surface area contributed by atoms with E-state index in [2.05, 4.69) is 10.6 Å². The lowest BCUT2D eigenvalue weighted by Crippen LogP contribution is -2.36. The molecule has 0 aromatic heterocycles. The molecule has 8 heteroatoms. The molecule has 1 saturated heterocycles. The van der Waals surface area contributed by atoms with E-state index in [0.29, 0.717) is 24.5 Å². The van der Waals surface area contributed by atoms with Crippen LogP contribution in [0.2, 0.25) is 0 Å². The Morgan fingerprint density at radius 2 is 1.43 bits per heavy atom. The quantitative estimate of drug-likeness (QED) is 0.805. The molecule has 3 rings (SSSR count). The lowest BCUT2D eigenvalue weighted by atomic mass is 10.2. The smallest absolute Gasteiger partial charge is 0.257 e. The van der Waals surface area contributed by atoms with Gasteiger partial charge >= 0.3 is 0 Å². The van der Waals surface area contributed by atoms with E-state index in [9.17, 15) is 18.0 Å². The number of sulfonamides is 1. The summed E-state index contributed by atoms with van der Waals surface area (Å²) in [5.74, 6) is -0.683. The Morgan fingerprint density at radius 3 is 2.04 bits per heavy atom. The van der Waals surface area contributed by atoms with Gasteiger partial charge in [0.2, 0.25) is 15.9 Å². The molecule has 2 aromatic carbocycles. The second-order valence-corrected chi connectivity index (χ2v) is 8.58. The van der Waals surface area contributed by atoms with Crippen molar-refractivity contribution >= 4 is 33.2 Å². The molecule has 0 spiro atoms. The molecule has 0 radical (unpaired) electrons. The maximum atomic E-state index is 13.0. The van der Waals surface area contributed by atoms with E-state index in [1.807, 2.05) is 0 Å². The first-order valence-electron chi connectivity index (χ1n) is 9.16. The highest BCUT2D eigenvalue weighted by Gasteiger charge is 2.29. The molecule has 0 aliphatic carbocycles. The van der Waals surface area contributed by atoms with Crippen LogP contribution in [-0.4, -0.2) is 37.6 Å². The van der Waals surface area contributed by atoms with Crippen molar-refractivity contribution in [2.75, 3.05) is 23.7 Å². The van der Waals surface area contributed by atoms with Crippen molar-refractivity contribution in [3.63, 3.8) is 0 Å². The van der Waals surface area contributed by atoms with Gasteiger partial charge in [-0.05, 0) is 49.2 Å². The minimum Gasteiger partial charge on any atom is -0.326 e. The minimum atomic E-state index is -3.73. The summed E-state index contributed by atoms with van der Waals surface area (Å²) >= 11 is 0. The zero-order valence-electron chi connectivity index (χ0n) is 15.6. The van der Waals surface area contributed by atoms with E-state index >= 15 is 0 Å². The van der Waals surface area contributed by atoms with E-state index in [-0.39, 0.29) is 16.4 Å². The number of carbonyl (C=O) groups excluding carboxylic acids is 2. The lowest BCUT2D eigenvalue weighted by molar-refractivity contribution is -0.114. The predicted octanol–water partition coefficient (Wildman–Crippen LogP) is 3.07. The van der Waals surface area contributed by atoms with Gasteiger partial charge in [-0.2, -0.15) is 4.31 Å². The van der Waals surface area contributed by atoms with Crippen LogP contribution in [0.15, 0.2) is 53.4 Å². The molecular formula is C20H23N3O4S. The summed E-state index contributed by atoms with van der Waals surface area (Å²) in [4.78, 5) is 23.9. The van der Waals surface area contributed by atoms with Crippen molar-refractivity contribution in [2.45, 2.75) is 31.1 Å². The van der Waals surface area contributed by atoms with Gasteiger partial charge in [-0.3, -0.25) is 9.59 Å². The lowest BCUT2D eigenvalue weighted by Gasteiger charge is -2.26. The predicted molar refractivity (Wildman–Crippen MR) is 108 cm³/mol. The number of carbonyl (C=O) groups is 2. The Labute approximate surface area is 164 Å². The molecule has 7 nitrogen and oxygen atoms in total. The molecule has 2 amide bonds. The topological polar surface area (TPSA) is 95.6 Å². The number of amides is 2. The maximum absolute atomic E-state index is 13.0. The van der Waals surface area contributed by atoms with Crippen molar-refractivity contribution in [2.24, 2.45) is 0 Å². The number of nitrogens with one attached hydrogen (secondary N) is 2. The Hall–Kier alpha value is -2.71. The first kappa shape index (κ1) is 20.0. The zero-order chi connectivity index (χ0) is 20.1. The Balaban J connectivity index is 1.82. The van der Waals surface area contributed by atoms with Gasteiger partial charge in [0.05, 0.1) is 10.5 Å². The molecular weight excluding hydrogens is 378 g/mol. The molecule has 1 heterocycles. The number of anilines is 2. The van der Waals surface area contributed by atoms with Gasteiger partial charge in [0.15, 0.2) is 0 Å². The third-order valence-corrected chi connectivity index (χ3v) is 6.48. The van der Waals surface area contributed by atoms with Crippen LogP contribution in [0, 0.1) is 0 Å². The van der Waals surface area contributed by atoms with Crippen LogP contribution in [-0.2, 0) is 14.8 Å². The van der Waals surface area contributed by atoms with Crippen LogP contribution in [0.1, 0.15) is 36.5 Å². The van der Waals surface area contributed by atoms with Crippen molar-refractivity contribution in [1.82, 2.24) is 4.31 Å². The second-order valence-electron chi connectivity index (χ2n) is 6.67. The van der Waals surface area contributed by atoms with Gasteiger partial charge in [0.1, 0.15) is 0 Å². The Bertz CT molecular complexity index is 965. The van der Waals surface area contributed by atoms with Gasteiger partial charge in [0.25, 0.3) is 5.91 Å². The molecule has 0 unspecified atom stereocenters. The first-order valence-corrected chi connectivity index (χ1v) is 10.6. The van der Waals surface area contributed by atoms with Crippen LogP contribution in [0.3, 0.4) is 0 Å². The highest BCUT2D eigenvalue weighted by molar-refractivity contribution is 7.89. The van der Waals surface area contributed by atoms with Crippen LogP contribution >= 0.6 is 0 Å². The largest absolute Gasteiger partial charge is 0.326 e. The van der Waals surface area contributed by atoms with E-state index < -0.39 is 15.9 Å². The number of rotatable bonds is 5. The number of hydrogen-bond donors (Lipinski definition) is 2. The average Bonchev–Trinajstić information content (AvgIpc) is 2.70. The van der Waals surface area contributed by atoms with Crippen LogP contribution in [0.5, 0.6) is 0 Å². The number of hydrogen-bond acceptors (Lipinski definition) is 4. The molecule has 28 heavy (non-hydrogen) atoms. The third-order valence-electron chi connectivity index (χ3n) is 4.53. The molecule has 148 valence electrons. The molecule has 1 fully saturated rings. The highest BCUT2D eigenvalue weighted by Crippen LogP contribution is 2.24. The molecule has 1 aliphatic heterocycles. The molecule has 1 aliphatic rings. The third kappa shape index (κ3) is 4.58. The Kier molecular flexibility index (Phi) is 6.11. The van der Waals surface area contributed by atoms with Crippen molar-refractivity contribution < 1.29 is 18.0 Å². The van der Waals surface area contributed by atoms with Crippen LogP contribution < -0.4 is 10.6 Å². The minimum absolute atomic E-state index is 0.0178. The van der Waals surface area contributed by atoms with Crippen molar-refractivity contribution in [3.8, 4) is 0 Å². The van der Waals surface area contributed by atoms with Gasteiger partial charge in [0, 0.05) is 31.4 Å². The van der Waals surface area contributed by atoms with Gasteiger partial charge in [-0.1, -0.05) is 18.6 Å². The van der Waals surface area contributed by atoms with E-state index in [1.165, 1.54) is 23.4 Å². The average molecular weight is 401 g/mol. The summed E-state index contributed by atoms with van der Waals surface area (Å²) in [7, 11) is -3.73. The summed E-state index contributed by atoms with van der Waals surface area (Å²) in [6.07, 6.45) is 2.67. The summed E-state index contributed by atoms with van der Waals surface area (Å²) in [6, 6.07) is 12.9. The number of piperidine rings is 1. The standard InChI is InChI=1S/C20H23N3O4S/c1-15(24)21-16-9-11-17(12-10-16)22-20(25)18-7-3-4-8-19(18)28(26,27)23-13-5-2-6-14-23/h3-4,7-12H,2,5-6,13-14H2,1H3,(H,21,24)(H,22,25). The normalized spacial score (nSPS) is 15.0. The van der Waals surface area contributed by atoms with Crippen molar-refractivity contribution in [1.29, 1.82) is 0 Å². The fourth-order valence-corrected chi connectivity index (χ4v) is 4.87. The van der Waals surface area contributed by atoms with Gasteiger partial charge in [-0.15, -0.1) is 0 Å². The fraction of sp³-hybridized carbons (Fsp3) is 0.300. The SMILES string of the molecule is CC(=O)Nc1ccc(NC(=O)c2ccccc2S(=O)(=O)N2CCCCC2)cc1. The molecule has 2 N–H and O–H groups in total. The number of benzene rings is 2. The molecule has 0 saturated carbocycles. The van der Waals surface area contributed by atoms with E-state index in [0.717, 1.165) is 19.3 Å². The number of nitrogens with zero attached hydrogens (tertiary/aromatic N) is 1. The zero-order valence-corrected chi connectivity index (χ0v) is 16.5. The second kappa shape index (κ2) is 8.53. The fourth-order valence-electron chi connectivity index (χ4n) is 3.16. The first-order chi connectivity index (χ1) is 13.4. The van der Waals surface area contributed by atoms with Gasteiger partial charge < -0.3 is 10.6 Å². The Morgan fingerprint density at radius 1 is 0.857 bits per heavy atom. The summed E-state index contributed by atoms with van der Waals surface area (Å²) in [5.41, 5.74) is 1.22. The monoisotopic (exact) mass is 401 g/mol. The van der Waals surface area contributed by atoms with Gasteiger partial charge in [-0.25, -0.2) is 8.42 Å². The van der Waals surface area contributed by atoms with Crippen LogP contribution in [0.4, 0.5) is 11.4 Å². The maximum Gasteiger partial charge on any atom is 0.257 e. The summed E-state index contributed by atoms with van der Waals surface area (Å²) in [6.45, 7) is 2.36. The van der Waals surface area contributed by atoms with Crippen LogP contribution in [0.25, 0.3) is 0 Å². The summed E-state index contributed by atoms with van der Waals surface area (Å²) < 4.78 is 27.5. The summed E-state index contributed by atoms with van der Waals surface area (Å²) in [5, 5.41) is 5.37. The highest BCUT2D eigenvalue weighted by atomic mass is 32.2. The molecule has 2 aromatic rings. The van der Waals surface area contributed by atoms with E-state index in [4.69, 9.17) is 0 Å². The molecule has 0 atom stereocenters. The van der Waals surface area contributed by atoms with E-state index in [1.54, 1.807) is 36.4 Å².